The zero-order valence-electron chi connectivity index (χ0n) is 8.71. The number of hydrogen-bond donors (Lipinski definition) is 0. The lowest BCUT2D eigenvalue weighted by Crippen LogP contribution is -2.66. The molecular weight excluding hydrogens is 164 g/mol. The lowest BCUT2D eigenvalue weighted by molar-refractivity contribution is 0.0942. The van der Waals surface area contributed by atoms with E-state index in [-0.39, 0.29) is 9.84 Å². The van der Waals surface area contributed by atoms with Gasteiger partial charge in [0.2, 0.25) is 0 Å². The molecule has 0 bridgehead atoms. The minimum Gasteiger partial charge on any atom is -0.302 e. The third-order valence-electron chi connectivity index (χ3n) is 2.78. The van der Waals surface area contributed by atoms with Crippen molar-refractivity contribution in [3.63, 3.8) is 0 Å². The molecule has 0 aliphatic carbocycles. The van der Waals surface area contributed by atoms with Crippen LogP contribution in [0.25, 0.3) is 0 Å². The zero-order valence-corrected chi connectivity index (χ0v) is 10.1. The largest absolute Gasteiger partial charge is 0.302 e. The van der Waals surface area contributed by atoms with E-state index in [1.54, 1.807) is 0 Å². The zero-order chi connectivity index (χ0) is 8.97. The summed E-state index contributed by atoms with van der Waals surface area (Å²) in [5.74, 6) is 0. The van der Waals surface area contributed by atoms with E-state index in [1.807, 2.05) is 0 Å². The topological polar surface area (TPSA) is 6.48 Å². The van der Waals surface area contributed by atoms with Gasteiger partial charge in [0.25, 0.3) is 0 Å². The highest BCUT2D eigenvalue weighted by molar-refractivity contribution is 6.32. The van der Waals surface area contributed by atoms with E-state index in [9.17, 15) is 0 Å². The van der Waals surface area contributed by atoms with Gasteiger partial charge in [-0.2, -0.15) is 0 Å². The Morgan fingerprint density at radius 2 is 1.92 bits per heavy atom. The summed E-state index contributed by atoms with van der Waals surface area (Å²) in [5, 5.41) is 0. The Hall–Kier alpha value is 0.137. The molecule has 0 radical (unpaired) electrons. The molecule has 0 saturated carbocycles. The average Bonchev–Trinajstić information content (AvgIpc) is 2.04. The molecule has 2 nitrogen and oxygen atoms in total. The van der Waals surface area contributed by atoms with Gasteiger partial charge in [-0.25, -0.2) is 0 Å². The standard InChI is InChI=1S/C9H22N2Si/c1-4-7-8-11-9(5-2)10(6-3)12-11/h9H,4-8,12H2,1-3H3. The number of nitrogens with zero attached hydrogens (tertiary/aromatic N) is 2. The Morgan fingerprint density at radius 1 is 1.17 bits per heavy atom. The maximum atomic E-state index is 2.73. The van der Waals surface area contributed by atoms with Gasteiger partial charge >= 0.3 is 0 Å². The van der Waals surface area contributed by atoms with Gasteiger partial charge in [-0.05, 0) is 25.9 Å². The fourth-order valence-corrected chi connectivity index (χ4v) is 4.04. The lowest BCUT2D eigenvalue weighted by atomic mass is 10.3. The van der Waals surface area contributed by atoms with Crippen LogP contribution in [0.5, 0.6) is 0 Å². The first-order chi connectivity index (χ1) is 5.83. The molecule has 12 heavy (non-hydrogen) atoms. The summed E-state index contributed by atoms with van der Waals surface area (Å²) in [6.45, 7) is 9.50. The van der Waals surface area contributed by atoms with Crippen molar-refractivity contribution in [2.45, 2.75) is 46.2 Å². The molecule has 0 aromatic heterocycles. The van der Waals surface area contributed by atoms with Gasteiger partial charge in [-0.3, -0.25) is 0 Å². The average molecular weight is 186 g/mol. The molecule has 1 aliphatic heterocycles. The quantitative estimate of drug-likeness (QED) is 0.595. The number of hydrogen-bond acceptors (Lipinski definition) is 2. The molecule has 1 saturated heterocycles. The van der Waals surface area contributed by atoms with Gasteiger partial charge in [0.1, 0.15) is 0 Å². The van der Waals surface area contributed by atoms with Gasteiger partial charge in [-0.1, -0.05) is 27.2 Å². The SMILES string of the molecule is CCCCN1[SiH2]N(CC)C1CC. The van der Waals surface area contributed by atoms with Crippen molar-refractivity contribution in [1.29, 1.82) is 0 Å². The Morgan fingerprint density at radius 3 is 2.42 bits per heavy atom. The molecule has 1 rings (SSSR count). The summed E-state index contributed by atoms with van der Waals surface area (Å²) in [4.78, 5) is 0. The van der Waals surface area contributed by atoms with Crippen LogP contribution in [0.15, 0.2) is 0 Å². The molecular formula is C9H22N2Si. The highest BCUT2D eigenvalue weighted by Crippen LogP contribution is 2.19. The van der Waals surface area contributed by atoms with Crippen LogP contribution in [0.1, 0.15) is 40.0 Å². The first kappa shape index (κ1) is 10.2. The minimum atomic E-state index is 0.0208. The second kappa shape index (κ2) is 4.99. The summed E-state index contributed by atoms with van der Waals surface area (Å²) >= 11 is 0. The molecule has 3 heteroatoms. The molecule has 0 amide bonds. The van der Waals surface area contributed by atoms with Crippen LogP contribution in [-0.2, 0) is 0 Å². The molecule has 1 fully saturated rings. The summed E-state index contributed by atoms with van der Waals surface area (Å²) in [7, 11) is 0.0208. The smallest absolute Gasteiger partial charge is 0.175 e. The van der Waals surface area contributed by atoms with Crippen molar-refractivity contribution < 1.29 is 0 Å². The van der Waals surface area contributed by atoms with Crippen LogP contribution in [0.3, 0.4) is 0 Å². The van der Waals surface area contributed by atoms with Crippen LogP contribution in [0.2, 0.25) is 0 Å². The summed E-state index contributed by atoms with van der Waals surface area (Å²) in [5.41, 5.74) is 0. The van der Waals surface area contributed by atoms with Gasteiger partial charge < -0.3 is 9.13 Å². The molecule has 0 aromatic rings. The van der Waals surface area contributed by atoms with Crippen LogP contribution in [-0.4, -0.2) is 38.2 Å². The van der Waals surface area contributed by atoms with E-state index >= 15 is 0 Å². The second-order valence-corrected chi connectivity index (χ2v) is 5.51. The Bertz CT molecular complexity index is 128. The van der Waals surface area contributed by atoms with Gasteiger partial charge in [0.05, 0.1) is 6.17 Å². The molecule has 0 spiro atoms. The summed E-state index contributed by atoms with van der Waals surface area (Å²) in [6, 6.07) is 0. The third kappa shape index (κ3) is 2.09. The van der Waals surface area contributed by atoms with E-state index < -0.39 is 0 Å². The van der Waals surface area contributed by atoms with Crippen molar-refractivity contribution in [2.24, 2.45) is 0 Å². The molecule has 1 aliphatic rings. The van der Waals surface area contributed by atoms with Gasteiger partial charge in [0.15, 0.2) is 9.84 Å². The summed E-state index contributed by atoms with van der Waals surface area (Å²) in [6.07, 6.45) is 4.85. The van der Waals surface area contributed by atoms with Crippen molar-refractivity contribution in [3.8, 4) is 0 Å². The maximum absolute atomic E-state index is 2.73. The predicted octanol–water partition coefficient (Wildman–Crippen LogP) is 1.16. The Balaban J connectivity index is 2.21. The van der Waals surface area contributed by atoms with Crippen molar-refractivity contribution in [3.05, 3.63) is 0 Å². The minimum absolute atomic E-state index is 0.0208. The van der Waals surface area contributed by atoms with Gasteiger partial charge in [-0.15, -0.1) is 0 Å². The normalized spacial score (nSPS) is 27.8. The molecule has 0 N–H and O–H groups in total. The highest BCUT2D eigenvalue weighted by Gasteiger charge is 2.32. The lowest BCUT2D eigenvalue weighted by Gasteiger charge is -2.50. The predicted molar refractivity (Wildman–Crippen MR) is 56.6 cm³/mol. The van der Waals surface area contributed by atoms with Crippen LogP contribution in [0.4, 0.5) is 0 Å². The van der Waals surface area contributed by atoms with E-state index in [1.165, 1.54) is 32.4 Å². The van der Waals surface area contributed by atoms with Crippen molar-refractivity contribution >= 4 is 9.84 Å². The fourth-order valence-electron chi connectivity index (χ4n) is 1.96. The van der Waals surface area contributed by atoms with Crippen molar-refractivity contribution in [2.75, 3.05) is 13.1 Å². The van der Waals surface area contributed by atoms with E-state index in [2.05, 4.69) is 29.9 Å². The van der Waals surface area contributed by atoms with Crippen molar-refractivity contribution in [1.82, 2.24) is 9.13 Å². The van der Waals surface area contributed by atoms with E-state index in [4.69, 9.17) is 0 Å². The maximum Gasteiger partial charge on any atom is 0.175 e. The fraction of sp³-hybridized carbons (Fsp3) is 1.00. The van der Waals surface area contributed by atoms with Gasteiger partial charge in [0, 0.05) is 0 Å². The second-order valence-electron chi connectivity index (χ2n) is 3.60. The first-order valence-corrected chi connectivity index (χ1v) is 6.58. The Kier molecular flexibility index (Phi) is 4.25. The van der Waals surface area contributed by atoms with Crippen LogP contribution in [0, 0.1) is 0 Å². The number of rotatable bonds is 5. The summed E-state index contributed by atoms with van der Waals surface area (Å²) < 4.78 is 5.41. The third-order valence-corrected chi connectivity index (χ3v) is 5.11. The van der Waals surface area contributed by atoms with Crippen LogP contribution < -0.4 is 0 Å². The monoisotopic (exact) mass is 186 g/mol. The molecule has 0 aromatic carbocycles. The van der Waals surface area contributed by atoms with E-state index in [0.717, 1.165) is 6.17 Å². The highest BCUT2D eigenvalue weighted by atomic mass is 28.2. The Labute approximate surface area is 78.9 Å². The number of unbranched alkanes of at least 4 members (excludes halogenated alkanes) is 1. The first-order valence-electron chi connectivity index (χ1n) is 5.31. The molecule has 1 heterocycles. The van der Waals surface area contributed by atoms with E-state index in [0.29, 0.717) is 0 Å². The molecule has 72 valence electrons. The van der Waals surface area contributed by atoms with Crippen LogP contribution >= 0.6 is 0 Å². The molecule has 1 atom stereocenters. The molecule has 1 unspecified atom stereocenters.